The minimum atomic E-state index is -0.944. The fraction of sp³-hybridized carbons (Fsp3) is 0.375. The summed E-state index contributed by atoms with van der Waals surface area (Å²) < 4.78 is 11.3. The second kappa shape index (κ2) is 13.0. The number of benzene rings is 2. The van der Waals surface area contributed by atoms with Gasteiger partial charge in [0.15, 0.2) is 6.61 Å². The molecule has 2 rings (SSSR count). The molecule has 2 aromatic carbocycles. The number of amides is 2. The minimum absolute atomic E-state index is 0.101. The molecular weight excluding hydrogens is 539 g/mol. The van der Waals surface area contributed by atoms with Crippen LogP contribution in [0, 0.1) is 9.49 Å². The summed E-state index contributed by atoms with van der Waals surface area (Å²) in [5, 5.41) is 14.9. The van der Waals surface area contributed by atoms with E-state index in [9.17, 15) is 19.5 Å². The standard InChI is InChI=1S/C24H29IN2O6/c1-15(2)12-19(26-22(29)14-33-21-7-5-4-6-18(21)25)23(30)27-20(24(31)32-3)13-16-8-10-17(28)11-9-16/h4-11,15,19-20,28H,12-14H2,1-3H3,(H,26,29)(H,27,30)/t19-,20-/m0/s1. The Morgan fingerprint density at radius 3 is 2.27 bits per heavy atom. The molecule has 0 bridgehead atoms. The highest BCUT2D eigenvalue weighted by Gasteiger charge is 2.28. The fourth-order valence-electron chi connectivity index (χ4n) is 3.12. The fourth-order valence-corrected chi connectivity index (χ4v) is 3.66. The lowest BCUT2D eigenvalue weighted by Crippen LogP contribution is -2.53. The quantitative estimate of drug-likeness (QED) is 0.284. The molecule has 0 radical (unpaired) electrons. The molecule has 2 amide bonds. The third-order valence-corrected chi connectivity index (χ3v) is 5.62. The van der Waals surface area contributed by atoms with Gasteiger partial charge in [0.25, 0.3) is 5.91 Å². The van der Waals surface area contributed by atoms with E-state index in [1.54, 1.807) is 18.2 Å². The van der Waals surface area contributed by atoms with E-state index in [1.165, 1.54) is 19.2 Å². The van der Waals surface area contributed by atoms with Gasteiger partial charge in [0, 0.05) is 6.42 Å². The molecular formula is C24H29IN2O6. The van der Waals surface area contributed by atoms with E-state index in [2.05, 4.69) is 33.2 Å². The van der Waals surface area contributed by atoms with Crippen molar-refractivity contribution in [2.45, 2.75) is 38.8 Å². The summed E-state index contributed by atoms with van der Waals surface area (Å²) in [6.45, 7) is 3.63. The predicted molar refractivity (Wildman–Crippen MR) is 132 cm³/mol. The van der Waals surface area contributed by atoms with Gasteiger partial charge in [-0.2, -0.15) is 0 Å². The Morgan fingerprint density at radius 2 is 1.67 bits per heavy atom. The van der Waals surface area contributed by atoms with Gasteiger partial charge in [-0.15, -0.1) is 0 Å². The van der Waals surface area contributed by atoms with Crippen LogP contribution in [-0.2, 0) is 25.5 Å². The van der Waals surface area contributed by atoms with E-state index in [0.717, 1.165) is 9.13 Å². The molecule has 2 aromatic rings. The molecule has 0 aromatic heterocycles. The molecule has 0 aliphatic rings. The number of para-hydroxylation sites is 1. The Balaban J connectivity index is 2.05. The molecule has 3 N–H and O–H groups in total. The summed E-state index contributed by atoms with van der Waals surface area (Å²) in [4.78, 5) is 37.8. The van der Waals surface area contributed by atoms with E-state index in [-0.39, 0.29) is 24.7 Å². The van der Waals surface area contributed by atoms with Crippen LogP contribution in [0.4, 0.5) is 0 Å². The molecule has 8 nitrogen and oxygen atoms in total. The minimum Gasteiger partial charge on any atom is -0.508 e. The number of carbonyl (C=O) groups is 3. The SMILES string of the molecule is COC(=O)[C@H](Cc1ccc(O)cc1)NC(=O)[C@H](CC(C)C)NC(=O)COc1ccccc1I. The van der Waals surface area contributed by atoms with Crippen LogP contribution >= 0.6 is 22.6 Å². The van der Waals surface area contributed by atoms with Gasteiger partial charge in [0.05, 0.1) is 10.7 Å². The number of hydrogen-bond acceptors (Lipinski definition) is 6. The number of phenolic OH excluding ortho intramolecular Hbond substituents is 1. The molecule has 0 saturated carbocycles. The van der Waals surface area contributed by atoms with Crippen LogP contribution in [0.1, 0.15) is 25.8 Å². The molecule has 0 aliphatic heterocycles. The molecule has 33 heavy (non-hydrogen) atoms. The number of ether oxygens (including phenoxy) is 2. The Bertz CT molecular complexity index is 948. The Kier molecular flexibility index (Phi) is 10.4. The molecule has 0 spiro atoms. The van der Waals surface area contributed by atoms with Gasteiger partial charge >= 0.3 is 5.97 Å². The van der Waals surface area contributed by atoms with Crippen molar-refractivity contribution < 1.29 is 29.0 Å². The number of aromatic hydroxyl groups is 1. The first-order valence-corrected chi connectivity index (χ1v) is 11.6. The number of methoxy groups -OCH3 is 1. The monoisotopic (exact) mass is 568 g/mol. The molecule has 0 heterocycles. The van der Waals surface area contributed by atoms with Gasteiger partial charge in [-0.05, 0) is 64.8 Å². The van der Waals surface area contributed by atoms with Crippen molar-refractivity contribution in [2.24, 2.45) is 5.92 Å². The molecule has 2 atom stereocenters. The first-order valence-electron chi connectivity index (χ1n) is 10.5. The molecule has 0 saturated heterocycles. The summed E-state index contributed by atoms with van der Waals surface area (Å²) in [6, 6.07) is 11.8. The van der Waals surface area contributed by atoms with E-state index in [1.807, 2.05) is 32.0 Å². The lowest BCUT2D eigenvalue weighted by molar-refractivity contribution is -0.145. The first-order chi connectivity index (χ1) is 15.7. The van der Waals surface area contributed by atoms with Gasteiger partial charge in [-0.1, -0.05) is 38.1 Å². The van der Waals surface area contributed by atoms with Crippen LogP contribution in [0.25, 0.3) is 0 Å². The molecule has 178 valence electrons. The number of hydrogen-bond donors (Lipinski definition) is 3. The lowest BCUT2D eigenvalue weighted by Gasteiger charge is -2.23. The largest absolute Gasteiger partial charge is 0.508 e. The van der Waals surface area contributed by atoms with Crippen LogP contribution in [0.3, 0.4) is 0 Å². The Morgan fingerprint density at radius 1 is 1.00 bits per heavy atom. The summed E-state index contributed by atoms with van der Waals surface area (Å²) in [5.41, 5.74) is 0.735. The van der Waals surface area contributed by atoms with Gasteiger partial charge in [0.1, 0.15) is 23.6 Å². The van der Waals surface area contributed by atoms with Crippen molar-refractivity contribution in [2.75, 3.05) is 13.7 Å². The number of halogens is 1. The van der Waals surface area contributed by atoms with Crippen molar-refractivity contribution >= 4 is 40.4 Å². The van der Waals surface area contributed by atoms with Crippen molar-refractivity contribution in [3.63, 3.8) is 0 Å². The van der Waals surface area contributed by atoms with Crippen LogP contribution < -0.4 is 15.4 Å². The zero-order chi connectivity index (χ0) is 24.4. The maximum atomic E-state index is 13.0. The topological polar surface area (TPSA) is 114 Å². The van der Waals surface area contributed by atoms with Gasteiger partial charge in [-0.25, -0.2) is 4.79 Å². The number of carbonyl (C=O) groups excluding carboxylic acids is 3. The highest BCUT2D eigenvalue weighted by Crippen LogP contribution is 2.19. The van der Waals surface area contributed by atoms with Crippen LogP contribution in [-0.4, -0.2) is 48.7 Å². The summed E-state index contributed by atoms with van der Waals surface area (Å²) in [5.74, 6) is -0.731. The lowest BCUT2D eigenvalue weighted by atomic mass is 10.0. The first kappa shape index (κ1) is 26.4. The average molecular weight is 568 g/mol. The van der Waals surface area contributed by atoms with Gasteiger partial charge in [-0.3, -0.25) is 9.59 Å². The summed E-state index contributed by atoms with van der Waals surface area (Å²) in [6.07, 6.45) is 0.560. The van der Waals surface area contributed by atoms with Crippen molar-refractivity contribution in [3.05, 3.63) is 57.7 Å². The second-order valence-corrected chi connectivity index (χ2v) is 9.09. The summed E-state index contributed by atoms with van der Waals surface area (Å²) >= 11 is 2.11. The Hall–Kier alpha value is -2.82. The smallest absolute Gasteiger partial charge is 0.328 e. The van der Waals surface area contributed by atoms with Crippen LogP contribution in [0.15, 0.2) is 48.5 Å². The number of phenols is 1. The van der Waals surface area contributed by atoms with Crippen LogP contribution in [0.2, 0.25) is 0 Å². The van der Waals surface area contributed by atoms with E-state index in [0.29, 0.717) is 12.2 Å². The number of rotatable bonds is 11. The Labute approximate surface area is 207 Å². The normalized spacial score (nSPS) is 12.5. The number of nitrogens with one attached hydrogen (secondary N) is 2. The van der Waals surface area contributed by atoms with E-state index in [4.69, 9.17) is 9.47 Å². The maximum Gasteiger partial charge on any atom is 0.328 e. The van der Waals surface area contributed by atoms with E-state index >= 15 is 0 Å². The molecule has 9 heteroatoms. The van der Waals surface area contributed by atoms with Crippen LogP contribution in [0.5, 0.6) is 11.5 Å². The highest BCUT2D eigenvalue weighted by molar-refractivity contribution is 14.1. The molecule has 0 unspecified atom stereocenters. The third-order valence-electron chi connectivity index (χ3n) is 4.73. The van der Waals surface area contributed by atoms with E-state index < -0.39 is 29.9 Å². The predicted octanol–water partition coefficient (Wildman–Crippen LogP) is 2.81. The second-order valence-electron chi connectivity index (χ2n) is 7.92. The van der Waals surface area contributed by atoms with Crippen molar-refractivity contribution in [1.82, 2.24) is 10.6 Å². The summed E-state index contributed by atoms with van der Waals surface area (Å²) in [7, 11) is 1.24. The van der Waals surface area contributed by atoms with Gasteiger partial charge in [0.2, 0.25) is 5.91 Å². The maximum absolute atomic E-state index is 13.0. The van der Waals surface area contributed by atoms with Crippen molar-refractivity contribution in [3.8, 4) is 11.5 Å². The third kappa shape index (κ3) is 8.91. The van der Waals surface area contributed by atoms with Crippen molar-refractivity contribution in [1.29, 1.82) is 0 Å². The zero-order valence-electron chi connectivity index (χ0n) is 18.8. The number of esters is 1. The molecule has 0 fully saturated rings. The molecule has 0 aliphatic carbocycles. The zero-order valence-corrected chi connectivity index (χ0v) is 21.0. The van der Waals surface area contributed by atoms with Gasteiger partial charge < -0.3 is 25.2 Å². The average Bonchev–Trinajstić information content (AvgIpc) is 2.78. The highest BCUT2D eigenvalue weighted by atomic mass is 127.